The number of rotatable bonds is 2. The summed E-state index contributed by atoms with van der Waals surface area (Å²) in [5.74, 6) is 0.299. The van der Waals surface area contributed by atoms with E-state index in [-0.39, 0.29) is 5.82 Å². The zero-order chi connectivity index (χ0) is 13.3. The van der Waals surface area contributed by atoms with Gasteiger partial charge in [-0.15, -0.1) is 11.6 Å². The second-order valence-electron chi connectivity index (χ2n) is 4.71. The molecule has 0 fully saturated rings. The van der Waals surface area contributed by atoms with Crippen molar-refractivity contribution >= 4 is 11.6 Å². The summed E-state index contributed by atoms with van der Waals surface area (Å²) in [4.78, 5) is 0. The third kappa shape index (κ3) is 2.41. The summed E-state index contributed by atoms with van der Waals surface area (Å²) >= 11 is 6.04. The zero-order valence-electron chi connectivity index (χ0n) is 10.8. The molecule has 0 saturated heterocycles. The van der Waals surface area contributed by atoms with Crippen LogP contribution in [0.15, 0.2) is 30.3 Å². The molecule has 0 heterocycles. The SMILES string of the molecule is Cc1cc(C)c(CCl)c(-c2ccc(F)c(C)c2)c1. The van der Waals surface area contributed by atoms with Gasteiger partial charge in [-0.3, -0.25) is 0 Å². The molecule has 18 heavy (non-hydrogen) atoms. The van der Waals surface area contributed by atoms with Crippen molar-refractivity contribution in [2.75, 3.05) is 0 Å². The fourth-order valence-electron chi connectivity index (χ4n) is 2.24. The lowest BCUT2D eigenvalue weighted by molar-refractivity contribution is 0.619. The summed E-state index contributed by atoms with van der Waals surface area (Å²) in [7, 11) is 0. The Hall–Kier alpha value is -1.34. The molecule has 0 aromatic heterocycles. The predicted octanol–water partition coefficient (Wildman–Crippen LogP) is 5.16. The van der Waals surface area contributed by atoms with Gasteiger partial charge in [-0.05, 0) is 60.7 Å². The van der Waals surface area contributed by atoms with Gasteiger partial charge in [0.2, 0.25) is 0 Å². The molecule has 0 atom stereocenters. The molecule has 0 aliphatic rings. The standard InChI is InChI=1S/C16H16ClF/c1-10-6-11(2)15(9-17)14(7-10)13-4-5-16(18)12(3)8-13/h4-8H,9H2,1-3H3. The second-order valence-corrected chi connectivity index (χ2v) is 4.97. The summed E-state index contributed by atoms with van der Waals surface area (Å²) < 4.78 is 13.3. The van der Waals surface area contributed by atoms with Crippen molar-refractivity contribution in [1.82, 2.24) is 0 Å². The highest BCUT2D eigenvalue weighted by atomic mass is 35.5. The Balaban J connectivity index is 2.65. The maximum atomic E-state index is 13.3. The Morgan fingerprint density at radius 1 is 1.00 bits per heavy atom. The molecule has 2 rings (SSSR count). The maximum absolute atomic E-state index is 13.3. The van der Waals surface area contributed by atoms with E-state index in [0.717, 1.165) is 16.7 Å². The molecule has 0 nitrogen and oxygen atoms in total. The van der Waals surface area contributed by atoms with Crippen LogP contribution in [0.2, 0.25) is 0 Å². The van der Waals surface area contributed by atoms with Crippen LogP contribution in [0.4, 0.5) is 4.39 Å². The van der Waals surface area contributed by atoms with Crippen molar-refractivity contribution < 1.29 is 4.39 Å². The van der Waals surface area contributed by atoms with Gasteiger partial charge in [-0.25, -0.2) is 4.39 Å². The Bertz CT molecular complexity index is 588. The lowest BCUT2D eigenvalue weighted by Crippen LogP contribution is -1.94. The van der Waals surface area contributed by atoms with Crippen LogP contribution >= 0.6 is 11.6 Å². The van der Waals surface area contributed by atoms with Crippen LogP contribution in [-0.2, 0) is 5.88 Å². The minimum absolute atomic E-state index is 0.171. The fraction of sp³-hybridized carbons (Fsp3) is 0.250. The van der Waals surface area contributed by atoms with Crippen molar-refractivity contribution in [2.45, 2.75) is 26.7 Å². The molecule has 0 aliphatic carbocycles. The van der Waals surface area contributed by atoms with Gasteiger partial charge in [0.1, 0.15) is 5.82 Å². The fourth-order valence-corrected chi connectivity index (χ4v) is 2.60. The van der Waals surface area contributed by atoms with Gasteiger partial charge >= 0.3 is 0 Å². The molecule has 0 radical (unpaired) electrons. The van der Waals surface area contributed by atoms with E-state index in [4.69, 9.17) is 11.6 Å². The van der Waals surface area contributed by atoms with Crippen molar-refractivity contribution in [1.29, 1.82) is 0 Å². The Morgan fingerprint density at radius 3 is 2.33 bits per heavy atom. The van der Waals surface area contributed by atoms with E-state index >= 15 is 0 Å². The molecule has 2 aromatic carbocycles. The maximum Gasteiger partial charge on any atom is 0.126 e. The highest BCUT2D eigenvalue weighted by Crippen LogP contribution is 2.30. The summed E-state index contributed by atoms with van der Waals surface area (Å²) in [6.07, 6.45) is 0. The highest BCUT2D eigenvalue weighted by molar-refractivity contribution is 6.17. The van der Waals surface area contributed by atoms with E-state index < -0.39 is 0 Å². The predicted molar refractivity (Wildman–Crippen MR) is 75.6 cm³/mol. The van der Waals surface area contributed by atoms with Crippen LogP contribution in [0.5, 0.6) is 0 Å². The van der Waals surface area contributed by atoms with Gasteiger partial charge in [-0.2, -0.15) is 0 Å². The van der Waals surface area contributed by atoms with Crippen LogP contribution in [0.1, 0.15) is 22.3 Å². The first-order valence-corrected chi connectivity index (χ1v) is 6.49. The number of alkyl halides is 1. The summed E-state index contributed by atoms with van der Waals surface area (Å²) in [5.41, 5.74) is 6.28. The van der Waals surface area contributed by atoms with Gasteiger partial charge in [0.15, 0.2) is 0 Å². The Kier molecular flexibility index (Phi) is 3.72. The van der Waals surface area contributed by atoms with Crippen molar-refractivity contribution in [3.63, 3.8) is 0 Å². The van der Waals surface area contributed by atoms with E-state index in [1.165, 1.54) is 17.2 Å². The van der Waals surface area contributed by atoms with E-state index in [1.54, 1.807) is 6.92 Å². The van der Waals surface area contributed by atoms with E-state index in [9.17, 15) is 4.39 Å². The lowest BCUT2D eigenvalue weighted by Gasteiger charge is -2.13. The van der Waals surface area contributed by atoms with Gasteiger partial charge in [0.25, 0.3) is 0 Å². The first kappa shape index (κ1) is 13.1. The minimum atomic E-state index is -0.171. The van der Waals surface area contributed by atoms with Crippen LogP contribution in [-0.4, -0.2) is 0 Å². The summed E-state index contributed by atoms with van der Waals surface area (Å²) in [6.45, 7) is 5.90. The first-order chi connectivity index (χ1) is 8.52. The van der Waals surface area contributed by atoms with Crippen LogP contribution in [0.25, 0.3) is 11.1 Å². The molecule has 0 amide bonds. The number of hydrogen-bond donors (Lipinski definition) is 0. The van der Waals surface area contributed by atoms with Crippen molar-refractivity contribution in [3.05, 3.63) is 58.4 Å². The molecule has 2 heteroatoms. The van der Waals surface area contributed by atoms with Crippen molar-refractivity contribution in [3.8, 4) is 11.1 Å². The highest BCUT2D eigenvalue weighted by Gasteiger charge is 2.09. The largest absolute Gasteiger partial charge is 0.207 e. The van der Waals surface area contributed by atoms with E-state index in [0.29, 0.717) is 11.4 Å². The number of benzene rings is 2. The lowest BCUT2D eigenvalue weighted by atomic mass is 9.94. The van der Waals surface area contributed by atoms with Gasteiger partial charge < -0.3 is 0 Å². The van der Waals surface area contributed by atoms with Crippen LogP contribution in [0, 0.1) is 26.6 Å². The topological polar surface area (TPSA) is 0 Å². The first-order valence-electron chi connectivity index (χ1n) is 5.95. The molecule has 0 bridgehead atoms. The monoisotopic (exact) mass is 262 g/mol. The van der Waals surface area contributed by atoms with Crippen molar-refractivity contribution in [2.24, 2.45) is 0 Å². The molecule has 0 spiro atoms. The van der Waals surface area contributed by atoms with Gasteiger partial charge in [0.05, 0.1) is 0 Å². The number of aryl methyl sites for hydroxylation is 3. The number of hydrogen-bond acceptors (Lipinski definition) is 0. The average Bonchev–Trinajstić information content (AvgIpc) is 2.32. The Labute approximate surface area is 112 Å². The molecule has 2 aromatic rings. The molecular weight excluding hydrogens is 247 g/mol. The van der Waals surface area contributed by atoms with Gasteiger partial charge in [-0.1, -0.05) is 23.8 Å². The molecule has 0 N–H and O–H groups in total. The summed E-state index contributed by atoms with van der Waals surface area (Å²) in [5, 5.41) is 0. The molecule has 0 saturated carbocycles. The quantitative estimate of drug-likeness (QED) is 0.656. The van der Waals surface area contributed by atoms with E-state index in [2.05, 4.69) is 26.0 Å². The van der Waals surface area contributed by atoms with E-state index in [1.807, 2.05) is 12.1 Å². The van der Waals surface area contributed by atoms with Gasteiger partial charge in [0, 0.05) is 5.88 Å². The molecule has 0 aliphatic heterocycles. The third-order valence-electron chi connectivity index (χ3n) is 3.22. The molecular formula is C16H16ClF. The van der Waals surface area contributed by atoms with Crippen LogP contribution in [0.3, 0.4) is 0 Å². The molecule has 94 valence electrons. The smallest absolute Gasteiger partial charge is 0.126 e. The second kappa shape index (κ2) is 5.11. The Morgan fingerprint density at radius 2 is 1.72 bits per heavy atom. The zero-order valence-corrected chi connectivity index (χ0v) is 11.6. The molecule has 0 unspecified atom stereocenters. The number of halogens is 2. The summed E-state index contributed by atoms with van der Waals surface area (Å²) in [6, 6.07) is 9.43. The normalized spacial score (nSPS) is 10.7. The third-order valence-corrected chi connectivity index (χ3v) is 3.49. The minimum Gasteiger partial charge on any atom is -0.207 e. The average molecular weight is 263 g/mol. The van der Waals surface area contributed by atoms with Crippen LogP contribution < -0.4 is 0 Å².